The second-order valence-electron chi connectivity index (χ2n) is 10.3. The topological polar surface area (TPSA) is 46.2 Å². The molecular formula is C26H35IO5Si. The monoisotopic (exact) mass is 582 g/mol. The smallest absolute Gasteiger partial charge is 0.261 e. The van der Waals surface area contributed by atoms with Crippen molar-refractivity contribution in [2.75, 3.05) is 18.1 Å². The zero-order valence-electron chi connectivity index (χ0n) is 20.3. The summed E-state index contributed by atoms with van der Waals surface area (Å²) in [7, 11) is -1.09. The van der Waals surface area contributed by atoms with Crippen LogP contribution in [0.1, 0.15) is 34.6 Å². The van der Waals surface area contributed by atoms with Crippen LogP contribution < -0.4 is 10.4 Å². The number of fused-ring (bicyclic) bond motifs is 1. The normalized spacial score (nSPS) is 29.2. The zero-order valence-corrected chi connectivity index (χ0v) is 23.5. The van der Waals surface area contributed by atoms with E-state index < -0.39 is 26.0 Å². The zero-order chi connectivity index (χ0) is 23.9. The Morgan fingerprint density at radius 3 is 1.97 bits per heavy atom. The van der Waals surface area contributed by atoms with Crippen molar-refractivity contribution in [1.29, 1.82) is 0 Å². The first kappa shape index (κ1) is 25.3. The molecule has 180 valence electrons. The summed E-state index contributed by atoms with van der Waals surface area (Å²) in [6.07, 6.45) is -0.963. The summed E-state index contributed by atoms with van der Waals surface area (Å²) in [6.45, 7) is 11.0. The highest BCUT2D eigenvalue weighted by Crippen LogP contribution is 2.49. The number of hydrogen-bond acceptors (Lipinski definition) is 5. The first-order valence-corrected chi connectivity index (χ1v) is 14.9. The molecule has 0 N–H and O–H groups in total. The molecule has 33 heavy (non-hydrogen) atoms. The van der Waals surface area contributed by atoms with Gasteiger partial charge in [0.25, 0.3) is 8.32 Å². The summed E-state index contributed by atoms with van der Waals surface area (Å²) in [6, 6.07) is 21.3. The summed E-state index contributed by atoms with van der Waals surface area (Å²) in [5.74, 6) is -0.746. The van der Waals surface area contributed by atoms with Crippen molar-refractivity contribution in [1.82, 2.24) is 0 Å². The first-order chi connectivity index (χ1) is 15.6. The number of ether oxygens (including phenoxy) is 4. The van der Waals surface area contributed by atoms with Gasteiger partial charge in [0.1, 0.15) is 6.10 Å². The Balaban J connectivity index is 1.82. The Hall–Kier alpha value is -0.813. The molecule has 5 nitrogen and oxygen atoms in total. The Labute approximate surface area is 212 Å². The molecule has 2 aromatic carbocycles. The molecule has 0 radical (unpaired) electrons. The fourth-order valence-electron chi connectivity index (χ4n) is 5.40. The molecule has 2 fully saturated rings. The van der Waals surface area contributed by atoms with E-state index in [0.717, 1.165) is 4.43 Å². The van der Waals surface area contributed by atoms with Crippen molar-refractivity contribution in [3.05, 3.63) is 60.7 Å². The number of rotatable bonds is 7. The molecular weight excluding hydrogens is 547 g/mol. The second-order valence-corrected chi connectivity index (χ2v) is 15.5. The number of methoxy groups -OCH3 is 1. The van der Waals surface area contributed by atoms with Gasteiger partial charge in [-0.2, -0.15) is 0 Å². The van der Waals surface area contributed by atoms with Crippen LogP contribution in [-0.4, -0.2) is 56.3 Å². The SMILES string of the molecule is COC1O[C@H](CI)[C@@H]2OC(C)(C)O[C@]12CO[Si](c1ccccc1)(c1ccccc1)C(C)(C)C. The standard InChI is InChI=1S/C26H35IO5Si/c1-24(2,3)33(19-13-9-7-10-14-19,20-15-11-8-12-16-20)29-18-26-22(31-25(4,5)32-26)21(17-27)30-23(26)28-6/h7-16,21-23H,17-18H2,1-6H3/t21-,22+,23?,26+/m1/s1. The number of alkyl halides is 1. The van der Waals surface area contributed by atoms with Gasteiger partial charge < -0.3 is 23.4 Å². The molecule has 0 bridgehead atoms. The summed E-state index contributed by atoms with van der Waals surface area (Å²) in [5, 5.41) is 2.32. The predicted octanol–water partition coefficient (Wildman–Crippen LogP) is 4.26. The summed E-state index contributed by atoms with van der Waals surface area (Å²) in [5.41, 5.74) is -0.846. The minimum Gasteiger partial charge on any atom is -0.404 e. The van der Waals surface area contributed by atoms with E-state index in [1.807, 2.05) is 13.8 Å². The summed E-state index contributed by atoms with van der Waals surface area (Å²) >= 11 is 2.34. The lowest BCUT2D eigenvalue weighted by atomic mass is 9.97. The van der Waals surface area contributed by atoms with E-state index in [1.54, 1.807) is 7.11 Å². The van der Waals surface area contributed by atoms with Crippen molar-refractivity contribution in [3.8, 4) is 0 Å². The van der Waals surface area contributed by atoms with Gasteiger partial charge in [0.05, 0.1) is 12.7 Å². The van der Waals surface area contributed by atoms with Crippen molar-refractivity contribution in [2.45, 2.75) is 69.5 Å². The molecule has 0 aromatic heterocycles. The van der Waals surface area contributed by atoms with Gasteiger partial charge in [-0.15, -0.1) is 0 Å². The molecule has 2 heterocycles. The van der Waals surface area contributed by atoms with Crippen molar-refractivity contribution in [2.24, 2.45) is 0 Å². The van der Waals surface area contributed by atoms with Gasteiger partial charge in [-0.25, -0.2) is 0 Å². The maximum absolute atomic E-state index is 7.24. The van der Waals surface area contributed by atoms with Crippen LogP contribution >= 0.6 is 22.6 Å². The molecule has 2 saturated heterocycles. The largest absolute Gasteiger partial charge is 0.404 e. The number of benzene rings is 2. The molecule has 0 saturated carbocycles. The van der Waals surface area contributed by atoms with E-state index >= 15 is 0 Å². The van der Waals surface area contributed by atoms with Gasteiger partial charge >= 0.3 is 0 Å². The number of hydrogen-bond donors (Lipinski definition) is 0. The highest BCUT2D eigenvalue weighted by atomic mass is 127. The Bertz CT molecular complexity index is 893. The quantitative estimate of drug-likeness (QED) is 0.278. The molecule has 2 aromatic rings. The van der Waals surface area contributed by atoms with Crippen LogP contribution in [0.15, 0.2) is 60.7 Å². The van der Waals surface area contributed by atoms with Crippen LogP contribution in [0.4, 0.5) is 0 Å². The van der Waals surface area contributed by atoms with Gasteiger partial charge in [0.15, 0.2) is 17.7 Å². The van der Waals surface area contributed by atoms with Crippen LogP contribution in [0.3, 0.4) is 0 Å². The van der Waals surface area contributed by atoms with E-state index in [9.17, 15) is 0 Å². The fourth-order valence-corrected chi connectivity index (χ4v) is 10.7. The molecule has 2 aliphatic heterocycles. The Morgan fingerprint density at radius 2 is 1.52 bits per heavy atom. The van der Waals surface area contributed by atoms with E-state index in [-0.39, 0.29) is 17.2 Å². The third kappa shape index (κ3) is 4.35. The second kappa shape index (κ2) is 9.33. The highest BCUT2D eigenvalue weighted by molar-refractivity contribution is 14.1. The van der Waals surface area contributed by atoms with E-state index in [0.29, 0.717) is 6.61 Å². The van der Waals surface area contributed by atoms with Gasteiger partial charge in [0.2, 0.25) is 0 Å². The predicted molar refractivity (Wildman–Crippen MR) is 141 cm³/mol. The maximum atomic E-state index is 7.24. The molecule has 1 unspecified atom stereocenters. The average Bonchev–Trinajstić information content (AvgIpc) is 3.22. The molecule has 0 aliphatic carbocycles. The Kier molecular flexibility index (Phi) is 7.15. The van der Waals surface area contributed by atoms with Crippen LogP contribution in [0, 0.1) is 0 Å². The third-order valence-corrected chi connectivity index (χ3v) is 12.5. The lowest BCUT2D eigenvalue weighted by molar-refractivity contribution is -0.256. The van der Waals surface area contributed by atoms with Gasteiger partial charge in [-0.05, 0) is 29.3 Å². The molecule has 0 spiro atoms. The lowest BCUT2D eigenvalue weighted by Crippen LogP contribution is -2.68. The first-order valence-electron chi connectivity index (χ1n) is 11.5. The lowest BCUT2D eigenvalue weighted by Gasteiger charge is -2.45. The van der Waals surface area contributed by atoms with Gasteiger partial charge in [-0.1, -0.05) is 104 Å². The summed E-state index contributed by atoms with van der Waals surface area (Å²) in [4.78, 5) is 0. The van der Waals surface area contributed by atoms with Gasteiger partial charge in [-0.3, -0.25) is 0 Å². The molecule has 7 heteroatoms. The van der Waals surface area contributed by atoms with Crippen LogP contribution in [0.5, 0.6) is 0 Å². The van der Waals surface area contributed by atoms with Crippen molar-refractivity contribution < 1.29 is 23.4 Å². The third-order valence-electron chi connectivity index (χ3n) is 6.66. The van der Waals surface area contributed by atoms with Crippen molar-refractivity contribution in [3.63, 3.8) is 0 Å². The van der Waals surface area contributed by atoms with E-state index in [2.05, 4.69) is 104 Å². The Morgan fingerprint density at radius 1 is 0.970 bits per heavy atom. The average molecular weight is 583 g/mol. The molecule has 4 rings (SSSR count). The van der Waals surface area contributed by atoms with E-state index in [4.69, 9.17) is 23.4 Å². The van der Waals surface area contributed by atoms with Gasteiger partial charge in [0, 0.05) is 11.5 Å². The maximum Gasteiger partial charge on any atom is 0.261 e. The van der Waals surface area contributed by atoms with E-state index in [1.165, 1.54) is 10.4 Å². The molecule has 4 atom stereocenters. The number of halogens is 1. The molecule has 2 aliphatic rings. The van der Waals surface area contributed by atoms with Crippen molar-refractivity contribution >= 4 is 41.3 Å². The molecule has 0 amide bonds. The minimum atomic E-state index is -2.75. The summed E-state index contributed by atoms with van der Waals surface area (Å²) < 4.78 is 33.1. The van der Waals surface area contributed by atoms with Crippen LogP contribution in [-0.2, 0) is 23.4 Å². The van der Waals surface area contributed by atoms with Crippen LogP contribution in [0.25, 0.3) is 0 Å². The fraction of sp³-hybridized carbons (Fsp3) is 0.538. The highest BCUT2D eigenvalue weighted by Gasteiger charge is 2.67. The van der Waals surface area contributed by atoms with Crippen LogP contribution in [0.2, 0.25) is 5.04 Å². The minimum absolute atomic E-state index is 0.125.